The first-order valence-electron chi connectivity index (χ1n) is 6.19. The Morgan fingerprint density at radius 3 is 1.56 bits per heavy atom. The summed E-state index contributed by atoms with van der Waals surface area (Å²) < 4.78 is 0. The molecule has 0 N–H and O–H groups in total. The maximum atomic E-state index is 4.52. The van der Waals surface area contributed by atoms with Gasteiger partial charge in [-0.3, -0.25) is 4.98 Å². The molecule has 0 bridgehead atoms. The molecule has 1 heterocycles. The Morgan fingerprint density at radius 1 is 0.833 bits per heavy atom. The number of hydrogen-bond acceptors (Lipinski definition) is 1. The molecule has 1 nitrogen and oxygen atoms in total. The minimum atomic E-state index is 0. The molecule has 0 spiro atoms. The average Bonchev–Trinajstić information content (AvgIpc) is 2.18. The van der Waals surface area contributed by atoms with Crippen molar-refractivity contribution in [2.24, 2.45) is 0 Å². The van der Waals surface area contributed by atoms with Gasteiger partial charge in [-0.15, -0.1) is 0 Å². The predicted molar refractivity (Wildman–Crippen MR) is 86.4 cm³/mol. The van der Waals surface area contributed by atoms with E-state index in [0.29, 0.717) is 0 Å². The second-order valence-electron chi connectivity index (χ2n) is 5.90. The molecule has 0 fully saturated rings. The van der Waals surface area contributed by atoms with Crippen LogP contribution in [-0.2, 0) is 10.8 Å². The quantitative estimate of drug-likeness (QED) is 0.554. The van der Waals surface area contributed by atoms with Crippen molar-refractivity contribution in [1.82, 2.24) is 4.98 Å². The minimum absolute atomic E-state index is 0. The van der Waals surface area contributed by atoms with Gasteiger partial charge in [-0.1, -0.05) is 76.3 Å². The van der Waals surface area contributed by atoms with Crippen LogP contribution in [0, 0.1) is 0 Å². The highest BCUT2D eigenvalue weighted by atomic mass is 14.7. The summed E-state index contributed by atoms with van der Waals surface area (Å²) >= 11 is 0. The second-order valence-corrected chi connectivity index (χ2v) is 5.90. The third kappa shape index (κ3) is 6.18. The minimum Gasteiger partial charge on any atom is -0.260 e. The Morgan fingerprint density at radius 2 is 1.28 bits per heavy atom. The van der Waals surface area contributed by atoms with Crippen molar-refractivity contribution in [1.29, 1.82) is 0 Å². The molecule has 0 radical (unpaired) electrons. The number of rotatable bonds is 0. The maximum absolute atomic E-state index is 4.52. The summed E-state index contributed by atoms with van der Waals surface area (Å²) in [5.41, 5.74) is 2.88. The molecule has 0 aromatic carbocycles. The van der Waals surface area contributed by atoms with E-state index in [1.165, 1.54) is 11.3 Å². The van der Waals surface area contributed by atoms with E-state index in [1.54, 1.807) is 0 Å². The van der Waals surface area contributed by atoms with E-state index >= 15 is 0 Å². The highest BCUT2D eigenvalue weighted by molar-refractivity contribution is 5.31. The fraction of sp³-hybridized carbons (Fsp3) is 0.706. The molecule has 1 heteroatoms. The first-order chi connectivity index (χ1) is 7.23. The van der Waals surface area contributed by atoms with Crippen molar-refractivity contribution in [2.75, 3.05) is 0 Å². The monoisotopic (exact) mass is 253 g/mol. The van der Waals surface area contributed by atoms with Crippen LogP contribution in [0.5, 0.6) is 0 Å². The third-order valence-corrected chi connectivity index (χ3v) is 2.33. The molecule has 1 aromatic heterocycles. The molecule has 1 aromatic rings. The molecule has 0 saturated carbocycles. The van der Waals surface area contributed by atoms with Gasteiger partial charge in [0.25, 0.3) is 0 Å². The van der Waals surface area contributed by atoms with Crippen molar-refractivity contribution in [2.45, 2.75) is 81.1 Å². The largest absolute Gasteiger partial charge is 0.260 e. The normalized spacial score (nSPS) is 10.4. The van der Waals surface area contributed by atoms with Gasteiger partial charge in [-0.05, 0) is 17.0 Å². The van der Waals surface area contributed by atoms with Gasteiger partial charge < -0.3 is 0 Å². The summed E-state index contributed by atoms with van der Waals surface area (Å²) in [5, 5.41) is 0. The van der Waals surface area contributed by atoms with E-state index in [-0.39, 0.29) is 25.7 Å². The zero-order valence-corrected chi connectivity index (χ0v) is 12.2. The van der Waals surface area contributed by atoms with E-state index in [9.17, 15) is 0 Å². The second kappa shape index (κ2) is 8.29. The highest BCUT2D eigenvalue weighted by Gasteiger charge is 2.25. The van der Waals surface area contributed by atoms with Crippen molar-refractivity contribution in [3.8, 4) is 0 Å². The van der Waals surface area contributed by atoms with Gasteiger partial charge in [-0.25, -0.2) is 0 Å². The summed E-state index contributed by atoms with van der Waals surface area (Å²) in [6, 6.07) is 4.21. The first-order valence-corrected chi connectivity index (χ1v) is 6.19. The van der Waals surface area contributed by atoms with Gasteiger partial charge >= 0.3 is 0 Å². The zero-order chi connectivity index (χ0) is 13.0. The molecule has 0 aliphatic carbocycles. The average molecular weight is 253 g/mol. The summed E-state index contributed by atoms with van der Waals surface area (Å²) in [6.45, 7) is 17.3. The van der Waals surface area contributed by atoms with Gasteiger partial charge in [0.2, 0.25) is 0 Å². The van der Waals surface area contributed by atoms with Crippen molar-refractivity contribution >= 4 is 0 Å². The highest BCUT2D eigenvalue weighted by Crippen LogP contribution is 2.31. The molecule has 0 amide bonds. The van der Waals surface area contributed by atoms with Crippen LogP contribution in [0.4, 0.5) is 0 Å². The van der Waals surface area contributed by atoms with Crippen molar-refractivity contribution in [3.05, 3.63) is 29.6 Å². The van der Waals surface area contributed by atoms with Gasteiger partial charge in [0.15, 0.2) is 0 Å². The van der Waals surface area contributed by atoms with Crippen LogP contribution in [-0.4, -0.2) is 4.98 Å². The Labute approximate surface area is 116 Å². The fourth-order valence-corrected chi connectivity index (χ4v) is 1.61. The lowest BCUT2D eigenvalue weighted by Gasteiger charge is -2.28. The third-order valence-electron chi connectivity index (χ3n) is 2.33. The number of nitrogens with zero attached hydrogens (tertiary/aromatic N) is 1. The molecule has 108 valence electrons. The molecule has 1 rings (SSSR count). The van der Waals surface area contributed by atoms with E-state index in [1.807, 2.05) is 26.1 Å². The van der Waals surface area contributed by atoms with Crippen LogP contribution in [0.3, 0.4) is 0 Å². The van der Waals surface area contributed by atoms with Crippen LogP contribution in [0.1, 0.15) is 81.5 Å². The van der Waals surface area contributed by atoms with E-state index < -0.39 is 0 Å². The summed E-state index contributed by atoms with van der Waals surface area (Å²) in [7, 11) is 0. The Kier molecular flexibility index (Phi) is 10.3. The zero-order valence-electron chi connectivity index (χ0n) is 12.2. The van der Waals surface area contributed by atoms with E-state index in [2.05, 4.69) is 52.6 Å². The van der Waals surface area contributed by atoms with Crippen LogP contribution in [0.2, 0.25) is 0 Å². The van der Waals surface area contributed by atoms with Gasteiger partial charge in [0, 0.05) is 17.3 Å². The van der Waals surface area contributed by atoms with Gasteiger partial charge in [-0.2, -0.15) is 0 Å². The predicted octanol–water partition coefficient (Wildman–Crippen LogP) is 5.98. The molecule has 0 atom stereocenters. The molecule has 0 aliphatic rings. The standard InChI is InChI=1S/C13H21N.C2H6.2CH4/c1-12(2,3)10-8-7-9-14-11(10)13(4,5)6;1-2;;/h7-9H,1-6H3;1-2H3;2*1H4. The Balaban J connectivity index is -0.000000534. The van der Waals surface area contributed by atoms with Crippen LogP contribution < -0.4 is 0 Å². The lowest BCUT2D eigenvalue weighted by molar-refractivity contribution is 0.514. The van der Waals surface area contributed by atoms with Crippen molar-refractivity contribution < 1.29 is 0 Å². The number of hydrogen-bond donors (Lipinski definition) is 0. The lowest BCUT2D eigenvalue weighted by atomic mass is 9.78. The van der Waals surface area contributed by atoms with Crippen LogP contribution in [0.15, 0.2) is 18.3 Å². The number of aromatic nitrogens is 1. The first kappa shape index (κ1) is 22.3. The van der Waals surface area contributed by atoms with Crippen LogP contribution in [0.25, 0.3) is 0 Å². The van der Waals surface area contributed by atoms with E-state index in [4.69, 9.17) is 0 Å². The summed E-state index contributed by atoms with van der Waals surface area (Å²) in [4.78, 5) is 4.52. The summed E-state index contributed by atoms with van der Waals surface area (Å²) in [5.74, 6) is 0. The van der Waals surface area contributed by atoms with Crippen molar-refractivity contribution in [3.63, 3.8) is 0 Å². The fourth-order valence-electron chi connectivity index (χ4n) is 1.61. The summed E-state index contributed by atoms with van der Waals surface area (Å²) in [6.07, 6.45) is 1.88. The Hall–Kier alpha value is -0.850. The lowest BCUT2D eigenvalue weighted by Crippen LogP contribution is -2.23. The molecule has 0 aliphatic heterocycles. The number of pyridine rings is 1. The molecular formula is C17H35N. The van der Waals surface area contributed by atoms with Crippen LogP contribution >= 0.6 is 0 Å². The topological polar surface area (TPSA) is 12.9 Å². The van der Waals surface area contributed by atoms with Gasteiger partial charge in [0.05, 0.1) is 0 Å². The molecule has 18 heavy (non-hydrogen) atoms. The Bertz CT molecular complexity index is 280. The molecule has 0 saturated heterocycles. The SMILES string of the molecule is C.C.CC.CC(C)(C)c1cccnc1C(C)(C)C. The smallest absolute Gasteiger partial charge is 0.0494 e. The molecular weight excluding hydrogens is 218 g/mol. The van der Waals surface area contributed by atoms with E-state index in [0.717, 1.165) is 0 Å². The molecule has 0 unspecified atom stereocenters. The maximum Gasteiger partial charge on any atom is 0.0494 e. The van der Waals surface area contributed by atoms with Gasteiger partial charge in [0.1, 0.15) is 0 Å².